The van der Waals surface area contributed by atoms with Crippen LogP contribution in [0.1, 0.15) is 27.4 Å². The number of aliphatic hydroxyl groups excluding tert-OH is 1. The monoisotopic (exact) mass is 314 g/mol. The first-order valence-electron chi connectivity index (χ1n) is 6.71. The number of aliphatic hydroxyl groups is 1. The van der Waals surface area contributed by atoms with Crippen molar-refractivity contribution in [3.63, 3.8) is 0 Å². The second kappa shape index (κ2) is 7.24. The predicted octanol–water partition coefficient (Wildman–Crippen LogP) is 1.75. The first-order valence-corrected chi connectivity index (χ1v) is 6.71. The van der Waals surface area contributed by atoms with Gasteiger partial charge in [-0.1, -0.05) is 12.1 Å². The van der Waals surface area contributed by atoms with Crippen molar-refractivity contribution in [3.05, 3.63) is 53.0 Å². The molecule has 1 heterocycles. The molecule has 0 bridgehead atoms. The lowest BCUT2D eigenvalue weighted by atomic mass is 10.2. The predicted molar refractivity (Wildman–Crippen MR) is 79.4 cm³/mol. The van der Waals surface area contributed by atoms with Crippen molar-refractivity contribution in [2.75, 3.05) is 11.9 Å². The van der Waals surface area contributed by atoms with Crippen molar-refractivity contribution in [1.82, 2.24) is 0 Å². The fourth-order valence-electron chi connectivity index (χ4n) is 1.91. The van der Waals surface area contributed by atoms with Gasteiger partial charge in [-0.2, -0.15) is 5.26 Å². The summed E-state index contributed by atoms with van der Waals surface area (Å²) in [5, 5.41) is 20.4. The van der Waals surface area contributed by atoms with Gasteiger partial charge in [0.25, 0.3) is 5.91 Å². The number of anilines is 1. The minimum atomic E-state index is -0.727. The van der Waals surface area contributed by atoms with Crippen molar-refractivity contribution in [2.45, 2.75) is 13.5 Å². The highest BCUT2D eigenvalue weighted by Crippen LogP contribution is 2.16. The molecule has 2 rings (SSSR count). The van der Waals surface area contributed by atoms with Gasteiger partial charge in [-0.15, -0.1) is 0 Å². The van der Waals surface area contributed by atoms with Crippen LogP contribution in [0.4, 0.5) is 5.69 Å². The van der Waals surface area contributed by atoms with E-state index in [4.69, 9.17) is 19.5 Å². The molecule has 1 aromatic heterocycles. The van der Waals surface area contributed by atoms with E-state index in [1.165, 1.54) is 6.07 Å². The van der Waals surface area contributed by atoms with Gasteiger partial charge in [0, 0.05) is 0 Å². The van der Waals surface area contributed by atoms with Crippen molar-refractivity contribution < 1.29 is 23.8 Å². The van der Waals surface area contributed by atoms with E-state index >= 15 is 0 Å². The molecule has 1 aromatic carbocycles. The summed E-state index contributed by atoms with van der Waals surface area (Å²) in [4.78, 5) is 23.7. The number of carbonyl (C=O) groups is 2. The Balaban J connectivity index is 1.95. The van der Waals surface area contributed by atoms with Gasteiger partial charge in [0.05, 0.1) is 11.3 Å². The maximum Gasteiger partial charge on any atom is 0.342 e. The molecule has 0 fully saturated rings. The smallest absolute Gasteiger partial charge is 0.342 e. The summed E-state index contributed by atoms with van der Waals surface area (Å²) in [6.07, 6.45) is 0. The zero-order chi connectivity index (χ0) is 16.8. The molecule has 23 heavy (non-hydrogen) atoms. The molecule has 0 aliphatic heterocycles. The molecule has 0 atom stereocenters. The topological polar surface area (TPSA) is 113 Å². The molecule has 7 heteroatoms. The number of ether oxygens (including phenoxy) is 1. The normalized spacial score (nSPS) is 9.96. The lowest BCUT2D eigenvalue weighted by Crippen LogP contribution is -2.21. The number of aryl methyl sites for hydroxylation is 1. The van der Waals surface area contributed by atoms with E-state index in [-0.39, 0.29) is 17.9 Å². The van der Waals surface area contributed by atoms with E-state index in [1.54, 1.807) is 31.2 Å². The van der Waals surface area contributed by atoms with Gasteiger partial charge in [0.2, 0.25) is 0 Å². The summed E-state index contributed by atoms with van der Waals surface area (Å²) in [7, 11) is 0. The molecule has 0 aliphatic rings. The summed E-state index contributed by atoms with van der Waals surface area (Å²) in [5.74, 6) is -0.754. The Morgan fingerprint density at radius 3 is 2.78 bits per heavy atom. The zero-order valence-corrected chi connectivity index (χ0v) is 12.3. The Hall–Kier alpha value is -3.11. The molecular formula is C16H14N2O5. The number of benzene rings is 1. The molecule has 2 aromatic rings. The molecule has 1 amide bonds. The number of carbonyl (C=O) groups excluding carboxylic acids is 2. The Labute approximate surface area is 132 Å². The number of hydrogen-bond donors (Lipinski definition) is 2. The molecule has 2 N–H and O–H groups in total. The summed E-state index contributed by atoms with van der Waals surface area (Å²) >= 11 is 0. The lowest BCUT2D eigenvalue weighted by Gasteiger charge is -2.07. The Kier molecular flexibility index (Phi) is 5.12. The lowest BCUT2D eigenvalue weighted by molar-refractivity contribution is -0.119. The van der Waals surface area contributed by atoms with Crippen molar-refractivity contribution in [3.8, 4) is 6.07 Å². The number of nitrogens with zero attached hydrogens (tertiary/aromatic N) is 1. The Morgan fingerprint density at radius 2 is 2.13 bits per heavy atom. The van der Waals surface area contributed by atoms with Gasteiger partial charge >= 0.3 is 5.97 Å². The fraction of sp³-hybridized carbons (Fsp3) is 0.188. The van der Waals surface area contributed by atoms with E-state index in [2.05, 4.69) is 5.32 Å². The van der Waals surface area contributed by atoms with Crippen LogP contribution >= 0.6 is 0 Å². The van der Waals surface area contributed by atoms with Crippen molar-refractivity contribution in [2.24, 2.45) is 0 Å². The average molecular weight is 314 g/mol. The molecular weight excluding hydrogens is 300 g/mol. The molecule has 0 radical (unpaired) electrons. The standard InChI is InChI=1S/C16H14N2O5/c1-10-13(6-12(8-19)23-10)16(21)22-9-15(20)18-14-5-3-2-4-11(14)7-17/h2-6,19H,8-9H2,1H3,(H,18,20). The van der Waals surface area contributed by atoms with Gasteiger partial charge in [-0.05, 0) is 25.1 Å². The molecule has 0 spiro atoms. The van der Waals surface area contributed by atoms with Crippen LogP contribution in [0.5, 0.6) is 0 Å². The highest BCUT2D eigenvalue weighted by molar-refractivity contribution is 5.96. The third kappa shape index (κ3) is 3.96. The third-order valence-corrected chi connectivity index (χ3v) is 3.00. The summed E-state index contributed by atoms with van der Waals surface area (Å²) in [6.45, 7) is 0.718. The second-order valence-electron chi connectivity index (χ2n) is 4.62. The van der Waals surface area contributed by atoms with Gasteiger partial charge in [0.1, 0.15) is 29.8 Å². The number of para-hydroxylation sites is 1. The van der Waals surface area contributed by atoms with Crippen LogP contribution in [0, 0.1) is 18.3 Å². The van der Waals surface area contributed by atoms with Crippen LogP contribution in [0.2, 0.25) is 0 Å². The Morgan fingerprint density at radius 1 is 1.39 bits per heavy atom. The highest BCUT2D eigenvalue weighted by atomic mass is 16.5. The van der Waals surface area contributed by atoms with E-state index in [0.717, 1.165) is 0 Å². The maximum atomic E-state index is 11.9. The second-order valence-corrected chi connectivity index (χ2v) is 4.62. The number of nitriles is 1. The van der Waals surface area contributed by atoms with Gasteiger partial charge in [-0.3, -0.25) is 4.79 Å². The SMILES string of the molecule is Cc1oc(CO)cc1C(=O)OCC(=O)Nc1ccccc1C#N. The fourth-order valence-corrected chi connectivity index (χ4v) is 1.91. The minimum Gasteiger partial charge on any atom is -0.463 e. The van der Waals surface area contributed by atoms with Gasteiger partial charge in [-0.25, -0.2) is 4.79 Å². The van der Waals surface area contributed by atoms with Crippen LogP contribution < -0.4 is 5.32 Å². The molecule has 0 saturated carbocycles. The molecule has 0 saturated heterocycles. The maximum absolute atomic E-state index is 11.9. The van der Waals surface area contributed by atoms with Crippen LogP contribution in [0.15, 0.2) is 34.7 Å². The molecule has 0 unspecified atom stereocenters. The van der Waals surface area contributed by atoms with Crippen molar-refractivity contribution >= 4 is 17.6 Å². The minimum absolute atomic E-state index is 0.152. The van der Waals surface area contributed by atoms with Crippen LogP contribution in [0.3, 0.4) is 0 Å². The quantitative estimate of drug-likeness (QED) is 0.813. The number of rotatable bonds is 5. The van der Waals surface area contributed by atoms with Crippen LogP contribution in [0.25, 0.3) is 0 Å². The summed E-state index contributed by atoms with van der Waals surface area (Å²) in [6, 6.07) is 9.80. The molecule has 118 valence electrons. The number of amides is 1. The van der Waals surface area contributed by atoms with Crippen LogP contribution in [-0.4, -0.2) is 23.6 Å². The molecule has 0 aliphatic carbocycles. The van der Waals surface area contributed by atoms with Gasteiger partial charge < -0.3 is 19.6 Å². The summed E-state index contributed by atoms with van der Waals surface area (Å²) < 4.78 is 10.0. The number of hydrogen-bond acceptors (Lipinski definition) is 6. The van der Waals surface area contributed by atoms with Gasteiger partial charge in [0.15, 0.2) is 6.61 Å². The summed E-state index contributed by atoms with van der Waals surface area (Å²) in [5.41, 5.74) is 0.808. The highest BCUT2D eigenvalue weighted by Gasteiger charge is 2.17. The van der Waals surface area contributed by atoms with E-state index < -0.39 is 18.5 Å². The van der Waals surface area contributed by atoms with Crippen LogP contribution in [-0.2, 0) is 16.1 Å². The first-order chi connectivity index (χ1) is 11.0. The largest absolute Gasteiger partial charge is 0.463 e. The Bertz CT molecular complexity index is 773. The van der Waals surface area contributed by atoms with E-state index in [1.807, 2.05) is 6.07 Å². The van der Waals surface area contributed by atoms with E-state index in [0.29, 0.717) is 17.0 Å². The number of nitrogens with one attached hydrogen (secondary N) is 1. The number of esters is 1. The molecule has 7 nitrogen and oxygen atoms in total. The number of furan rings is 1. The average Bonchev–Trinajstić information content (AvgIpc) is 2.94. The van der Waals surface area contributed by atoms with E-state index in [9.17, 15) is 9.59 Å². The first kappa shape index (κ1) is 16.3. The third-order valence-electron chi connectivity index (χ3n) is 3.00. The zero-order valence-electron chi connectivity index (χ0n) is 12.3. The van der Waals surface area contributed by atoms with Crippen molar-refractivity contribution in [1.29, 1.82) is 5.26 Å².